The number of hydrogen-bond acceptors (Lipinski definition) is 6. The molecule has 0 saturated carbocycles. The highest BCUT2D eigenvalue weighted by Gasteiger charge is 2.44. The number of rotatable bonds is 4. The summed E-state index contributed by atoms with van der Waals surface area (Å²) >= 11 is 0. The molecule has 0 unspecified atom stereocenters. The Morgan fingerprint density at radius 3 is 2.65 bits per heavy atom. The molecule has 1 aromatic heterocycles. The van der Waals surface area contributed by atoms with Crippen LogP contribution in [0, 0.1) is 6.92 Å². The van der Waals surface area contributed by atoms with E-state index in [4.69, 9.17) is 14.5 Å². The maximum absolute atomic E-state index is 12.8. The molecule has 1 N–H and O–H groups in total. The van der Waals surface area contributed by atoms with E-state index in [-0.39, 0.29) is 11.0 Å². The van der Waals surface area contributed by atoms with Gasteiger partial charge in [0.25, 0.3) is 5.56 Å². The zero-order valence-corrected chi connectivity index (χ0v) is 18.6. The van der Waals surface area contributed by atoms with Crippen LogP contribution in [-0.4, -0.2) is 61.4 Å². The van der Waals surface area contributed by atoms with Crippen LogP contribution < -0.4 is 15.2 Å². The molecule has 2 saturated heterocycles. The van der Waals surface area contributed by atoms with E-state index < -0.39 is 0 Å². The Labute approximate surface area is 183 Å². The van der Waals surface area contributed by atoms with Crippen LogP contribution in [0.4, 0.5) is 5.95 Å². The van der Waals surface area contributed by atoms with E-state index >= 15 is 0 Å². The molecule has 7 heteroatoms. The predicted molar refractivity (Wildman–Crippen MR) is 120 cm³/mol. The largest absolute Gasteiger partial charge is 0.497 e. The third-order valence-corrected chi connectivity index (χ3v) is 7.43. The Morgan fingerprint density at radius 1 is 1.16 bits per heavy atom. The van der Waals surface area contributed by atoms with Crippen molar-refractivity contribution in [1.82, 2.24) is 14.9 Å². The standard InChI is InChI=1S/C24H32N4O3/c1-17-15-19(30-2)4-3-18(17)16-27-9-7-24(8-10-27)6-5-20-21(24)25-23(26-22(20)29)28-11-13-31-14-12-28/h3-4,15H,5-14,16H2,1-2H3,(H,25,26,29). The van der Waals surface area contributed by atoms with Crippen molar-refractivity contribution in [3.63, 3.8) is 0 Å². The van der Waals surface area contributed by atoms with Gasteiger partial charge in [-0.25, -0.2) is 4.98 Å². The molecule has 5 rings (SSSR count). The monoisotopic (exact) mass is 424 g/mol. The number of methoxy groups -OCH3 is 1. The van der Waals surface area contributed by atoms with E-state index in [1.807, 2.05) is 6.07 Å². The minimum Gasteiger partial charge on any atom is -0.497 e. The fourth-order valence-electron chi connectivity index (χ4n) is 5.40. The number of aryl methyl sites for hydroxylation is 1. The first kappa shape index (κ1) is 20.5. The molecule has 1 aromatic carbocycles. The van der Waals surface area contributed by atoms with Crippen LogP contribution in [-0.2, 0) is 23.1 Å². The van der Waals surface area contributed by atoms with E-state index in [9.17, 15) is 4.79 Å². The van der Waals surface area contributed by atoms with E-state index in [2.05, 4.69) is 33.8 Å². The fraction of sp³-hybridized carbons (Fsp3) is 0.583. The Bertz CT molecular complexity index is 1000. The van der Waals surface area contributed by atoms with Crippen molar-refractivity contribution < 1.29 is 9.47 Å². The van der Waals surface area contributed by atoms with Crippen molar-refractivity contribution in [2.75, 3.05) is 51.4 Å². The van der Waals surface area contributed by atoms with Crippen LogP contribution in [0.2, 0.25) is 0 Å². The second-order valence-electron chi connectivity index (χ2n) is 9.17. The van der Waals surface area contributed by atoms with Gasteiger partial charge in [-0.3, -0.25) is 14.7 Å². The predicted octanol–water partition coefficient (Wildman–Crippen LogP) is 2.40. The smallest absolute Gasteiger partial charge is 0.255 e. The molecular weight excluding hydrogens is 392 g/mol. The number of aromatic amines is 1. The van der Waals surface area contributed by atoms with Gasteiger partial charge in [-0.2, -0.15) is 0 Å². The number of fused-ring (bicyclic) bond motifs is 2. The zero-order chi connectivity index (χ0) is 21.4. The first-order chi connectivity index (χ1) is 15.1. The van der Waals surface area contributed by atoms with Gasteiger partial charge in [0.1, 0.15) is 5.75 Å². The summed E-state index contributed by atoms with van der Waals surface area (Å²) in [5.74, 6) is 1.64. The normalized spacial score (nSPS) is 20.8. The summed E-state index contributed by atoms with van der Waals surface area (Å²) in [7, 11) is 1.71. The number of likely N-dealkylation sites (tertiary alicyclic amines) is 1. The van der Waals surface area contributed by atoms with Crippen LogP contribution in [0.5, 0.6) is 5.75 Å². The Morgan fingerprint density at radius 2 is 1.94 bits per heavy atom. The third-order valence-electron chi connectivity index (χ3n) is 7.43. The lowest BCUT2D eigenvalue weighted by atomic mass is 9.76. The van der Waals surface area contributed by atoms with E-state index in [0.29, 0.717) is 13.2 Å². The van der Waals surface area contributed by atoms with Gasteiger partial charge >= 0.3 is 0 Å². The Balaban J connectivity index is 1.32. The number of morpholine rings is 1. The van der Waals surface area contributed by atoms with Crippen molar-refractivity contribution in [3.8, 4) is 5.75 Å². The number of anilines is 1. The molecular formula is C24H32N4O3. The SMILES string of the molecule is COc1ccc(CN2CCC3(CCc4c3nc(N3CCOCC3)[nH]c4=O)CC2)c(C)c1. The van der Waals surface area contributed by atoms with E-state index in [1.54, 1.807) is 7.11 Å². The fourth-order valence-corrected chi connectivity index (χ4v) is 5.40. The molecule has 1 aliphatic carbocycles. The van der Waals surface area contributed by atoms with Crippen LogP contribution in [0.15, 0.2) is 23.0 Å². The molecule has 0 radical (unpaired) electrons. The van der Waals surface area contributed by atoms with Gasteiger partial charge in [0.2, 0.25) is 5.95 Å². The number of H-pyrrole nitrogens is 1. The topological polar surface area (TPSA) is 70.7 Å². The van der Waals surface area contributed by atoms with Crippen LogP contribution >= 0.6 is 0 Å². The molecule has 2 aliphatic heterocycles. The second kappa shape index (κ2) is 8.28. The highest BCUT2D eigenvalue weighted by atomic mass is 16.5. The molecule has 0 bridgehead atoms. The van der Waals surface area contributed by atoms with Crippen molar-refractivity contribution in [1.29, 1.82) is 0 Å². The van der Waals surface area contributed by atoms with Crippen molar-refractivity contribution >= 4 is 5.95 Å². The number of benzene rings is 1. The van der Waals surface area contributed by atoms with Gasteiger partial charge in [-0.15, -0.1) is 0 Å². The maximum Gasteiger partial charge on any atom is 0.255 e. The molecule has 0 atom stereocenters. The molecule has 1 spiro atoms. The summed E-state index contributed by atoms with van der Waals surface area (Å²) < 4.78 is 10.8. The average Bonchev–Trinajstić information content (AvgIpc) is 3.16. The summed E-state index contributed by atoms with van der Waals surface area (Å²) in [6, 6.07) is 6.33. The molecule has 2 aromatic rings. The minimum atomic E-state index is 0.0517. The van der Waals surface area contributed by atoms with E-state index in [1.165, 1.54) is 11.1 Å². The summed E-state index contributed by atoms with van der Waals surface area (Å²) in [5, 5.41) is 0. The van der Waals surface area contributed by atoms with Gasteiger partial charge in [-0.1, -0.05) is 6.07 Å². The van der Waals surface area contributed by atoms with Gasteiger partial charge in [0.15, 0.2) is 0 Å². The lowest BCUT2D eigenvalue weighted by Crippen LogP contribution is -2.43. The highest BCUT2D eigenvalue weighted by molar-refractivity contribution is 5.40. The first-order valence-corrected chi connectivity index (χ1v) is 11.4. The lowest BCUT2D eigenvalue weighted by molar-refractivity contribution is 0.122. The molecule has 3 heterocycles. The number of piperidine rings is 1. The molecule has 0 amide bonds. The lowest BCUT2D eigenvalue weighted by Gasteiger charge is -2.40. The molecule has 166 valence electrons. The van der Waals surface area contributed by atoms with Gasteiger partial charge < -0.3 is 14.4 Å². The summed E-state index contributed by atoms with van der Waals surface area (Å²) in [6.45, 7) is 8.11. The molecule has 31 heavy (non-hydrogen) atoms. The summed E-state index contributed by atoms with van der Waals surface area (Å²) in [4.78, 5) is 25.6. The first-order valence-electron chi connectivity index (χ1n) is 11.4. The molecule has 2 fully saturated rings. The van der Waals surface area contributed by atoms with Gasteiger partial charge in [0, 0.05) is 30.6 Å². The number of aromatic nitrogens is 2. The highest BCUT2D eigenvalue weighted by Crippen LogP contribution is 2.44. The Hall–Kier alpha value is -2.38. The van der Waals surface area contributed by atoms with Gasteiger partial charge in [0.05, 0.1) is 26.0 Å². The zero-order valence-electron chi connectivity index (χ0n) is 18.6. The Kier molecular flexibility index (Phi) is 5.48. The number of ether oxygens (including phenoxy) is 2. The third kappa shape index (κ3) is 3.85. The average molecular weight is 425 g/mol. The second-order valence-corrected chi connectivity index (χ2v) is 9.17. The van der Waals surface area contributed by atoms with Gasteiger partial charge in [-0.05, 0) is 69.0 Å². The summed E-state index contributed by atoms with van der Waals surface area (Å²) in [5.41, 5.74) is 4.71. The van der Waals surface area contributed by atoms with Crippen molar-refractivity contribution in [3.05, 3.63) is 50.9 Å². The van der Waals surface area contributed by atoms with Crippen LogP contribution in [0.1, 0.15) is 41.6 Å². The summed E-state index contributed by atoms with van der Waals surface area (Å²) in [6.07, 6.45) is 4.02. The van der Waals surface area contributed by atoms with Crippen molar-refractivity contribution in [2.45, 2.75) is 44.6 Å². The van der Waals surface area contributed by atoms with Crippen molar-refractivity contribution in [2.24, 2.45) is 0 Å². The number of nitrogens with zero attached hydrogens (tertiary/aromatic N) is 3. The van der Waals surface area contributed by atoms with Crippen LogP contribution in [0.3, 0.4) is 0 Å². The molecule has 7 nitrogen and oxygen atoms in total. The number of nitrogens with one attached hydrogen (secondary N) is 1. The van der Waals surface area contributed by atoms with Crippen LogP contribution in [0.25, 0.3) is 0 Å². The molecule has 3 aliphatic rings. The quantitative estimate of drug-likeness (QED) is 0.813. The number of hydrogen-bond donors (Lipinski definition) is 1. The maximum atomic E-state index is 12.8. The van der Waals surface area contributed by atoms with E-state index in [0.717, 1.165) is 81.4 Å². The minimum absolute atomic E-state index is 0.0517.